The lowest BCUT2D eigenvalue weighted by Gasteiger charge is -2.51. The van der Waals surface area contributed by atoms with Crippen molar-refractivity contribution in [3.8, 4) is 5.75 Å². The van der Waals surface area contributed by atoms with E-state index < -0.39 is 0 Å². The molecule has 2 heterocycles. The number of rotatable bonds is 4. The smallest absolute Gasteiger partial charge is 0.251 e. The summed E-state index contributed by atoms with van der Waals surface area (Å²) in [6.45, 7) is 0. The highest BCUT2D eigenvalue weighted by molar-refractivity contribution is 5.94. The predicted octanol–water partition coefficient (Wildman–Crippen LogP) is 3.75. The van der Waals surface area contributed by atoms with Crippen LogP contribution in [0.4, 0.5) is 0 Å². The summed E-state index contributed by atoms with van der Waals surface area (Å²) in [5.74, 6) is 0.775. The first-order chi connectivity index (χ1) is 12.2. The number of carbonyl (C=O) groups excluding carboxylic acids is 1. The van der Waals surface area contributed by atoms with Crippen LogP contribution in [0.15, 0.2) is 24.3 Å². The number of hydrogen-bond donors (Lipinski definition) is 1. The van der Waals surface area contributed by atoms with Gasteiger partial charge in [0, 0.05) is 29.7 Å². The molecule has 4 rings (SSSR count). The van der Waals surface area contributed by atoms with E-state index in [1.54, 1.807) is 7.11 Å². The second kappa shape index (κ2) is 7.36. The van der Waals surface area contributed by atoms with Crippen LogP contribution in [0.5, 0.6) is 5.75 Å². The predicted molar refractivity (Wildman–Crippen MR) is 99.0 cm³/mol. The van der Waals surface area contributed by atoms with Crippen molar-refractivity contribution in [1.29, 1.82) is 0 Å². The third-order valence-corrected chi connectivity index (χ3v) is 6.44. The lowest BCUT2D eigenvalue weighted by Crippen LogP contribution is -2.59. The summed E-state index contributed by atoms with van der Waals surface area (Å²) < 4.78 is 5.24. The molecule has 136 valence electrons. The van der Waals surface area contributed by atoms with E-state index in [2.05, 4.69) is 10.2 Å². The lowest BCUT2D eigenvalue weighted by atomic mass is 9.80. The Balaban J connectivity index is 1.42. The summed E-state index contributed by atoms with van der Waals surface area (Å²) in [5, 5.41) is 3.31. The van der Waals surface area contributed by atoms with E-state index in [4.69, 9.17) is 4.74 Å². The Morgan fingerprint density at radius 2 is 1.72 bits per heavy atom. The second-order valence-electron chi connectivity index (χ2n) is 8.00. The Bertz CT molecular complexity index is 598. The highest BCUT2D eigenvalue weighted by Crippen LogP contribution is 2.39. The molecule has 3 fully saturated rings. The van der Waals surface area contributed by atoms with Crippen LogP contribution in [0, 0.1) is 0 Å². The van der Waals surface area contributed by atoms with E-state index in [1.165, 1.54) is 44.9 Å². The van der Waals surface area contributed by atoms with Gasteiger partial charge in [-0.05, 0) is 56.7 Å². The molecule has 1 aliphatic carbocycles. The summed E-state index contributed by atoms with van der Waals surface area (Å²) in [6, 6.07) is 9.91. The fourth-order valence-corrected chi connectivity index (χ4v) is 5.37. The van der Waals surface area contributed by atoms with Crippen molar-refractivity contribution in [2.75, 3.05) is 7.11 Å². The molecule has 2 saturated heterocycles. The Morgan fingerprint density at radius 1 is 1.04 bits per heavy atom. The average Bonchev–Trinajstić information content (AvgIpc) is 3.15. The van der Waals surface area contributed by atoms with Gasteiger partial charge in [-0.3, -0.25) is 9.69 Å². The van der Waals surface area contributed by atoms with Crippen molar-refractivity contribution >= 4 is 5.91 Å². The molecular weight excluding hydrogens is 312 g/mol. The number of amides is 1. The molecular formula is C21H30N2O2. The van der Waals surface area contributed by atoms with Crippen LogP contribution in [-0.4, -0.2) is 42.1 Å². The van der Waals surface area contributed by atoms with E-state index >= 15 is 0 Å². The quantitative estimate of drug-likeness (QED) is 0.906. The molecule has 1 N–H and O–H groups in total. The number of benzene rings is 1. The SMILES string of the molecule is COc1cccc(C(=O)NC2C[C@H]3CCC[C@H](C2)N3C2CCCC2)c1. The van der Waals surface area contributed by atoms with Crippen LogP contribution in [-0.2, 0) is 0 Å². The van der Waals surface area contributed by atoms with Gasteiger partial charge in [0.05, 0.1) is 7.11 Å². The molecule has 2 aliphatic heterocycles. The molecule has 0 aromatic heterocycles. The number of hydrogen-bond acceptors (Lipinski definition) is 3. The topological polar surface area (TPSA) is 41.6 Å². The van der Waals surface area contributed by atoms with Gasteiger partial charge >= 0.3 is 0 Å². The monoisotopic (exact) mass is 342 g/mol. The van der Waals surface area contributed by atoms with Gasteiger partial charge in [0.2, 0.25) is 0 Å². The normalized spacial score (nSPS) is 30.2. The number of methoxy groups -OCH3 is 1. The highest BCUT2D eigenvalue weighted by Gasteiger charge is 2.42. The number of nitrogens with one attached hydrogen (secondary N) is 1. The Hall–Kier alpha value is -1.55. The number of nitrogens with zero attached hydrogens (tertiary/aromatic N) is 1. The molecule has 4 heteroatoms. The van der Waals surface area contributed by atoms with E-state index in [9.17, 15) is 4.79 Å². The van der Waals surface area contributed by atoms with Gasteiger partial charge in [0.1, 0.15) is 5.75 Å². The van der Waals surface area contributed by atoms with E-state index in [-0.39, 0.29) is 5.91 Å². The standard InChI is InChI=1S/C21H30N2O2/c1-25-20-11-4-6-15(12-20)21(24)22-16-13-18-9-5-10-19(14-16)23(18)17-7-2-3-8-17/h4,6,11-12,16-19H,2-3,5,7-10,13-14H2,1H3,(H,22,24)/t18-,19-/m1/s1. The fourth-order valence-electron chi connectivity index (χ4n) is 5.37. The summed E-state index contributed by atoms with van der Waals surface area (Å²) >= 11 is 0. The maximum Gasteiger partial charge on any atom is 0.251 e. The van der Waals surface area contributed by atoms with Crippen molar-refractivity contribution in [3.63, 3.8) is 0 Å². The molecule has 0 unspecified atom stereocenters. The fraction of sp³-hybridized carbons (Fsp3) is 0.667. The molecule has 1 amide bonds. The van der Waals surface area contributed by atoms with Gasteiger partial charge in [0.15, 0.2) is 0 Å². The first-order valence-corrected chi connectivity index (χ1v) is 9.97. The third kappa shape index (κ3) is 3.55. The highest BCUT2D eigenvalue weighted by atomic mass is 16.5. The van der Waals surface area contributed by atoms with E-state index in [0.29, 0.717) is 23.7 Å². The molecule has 2 atom stereocenters. The minimum absolute atomic E-state index is 0.0382. The van der Waals surface area contributed by atoms with Crippen molar-refractivity contribution in [1.82, 2.24) is 10.2 Å². The maximum absolute atomic E-state index is 12.7. The molecule has 2 bridgehead atoms. The van der Waals surface area contributed by atoms with Gasteiger partial charge in [-0.15, -0.1) is 0 Å². The van der Waals surface area contributed by atoms with Crippen LogP contribution in [0.2, 0.25) is 0 Å². The van der Waals surface area contributed by atoms with E-state index in [1.807, 2.05) is 24.3 Å². The van der Waals surface area contributed by atoms with Gasteiger partial charge in [0.25, 0.3) is 5.91 Å². The van der Waals surface area contributed by atoms with Crippen LogP contribution in [0.3, 0.4) is 0 Å². The molecule has 1 aromatic carbocycles. The average molecular weight is 342 g/mol. The molecule has 25 heavy (non-hydrogen) atoms. The summed E-state index contributed by atoms with van der Waals surface area (Å²) in [7, 11) is 1.64. The van der Waals surface area contributed by atoms with Crippen LogP contribution in [0.25, 0.3) is 0 Å². The summed E-state index contributed by atoms with van der Waals surface area (Å²) in [6.07, 6.45) is 11.8. The Morgan fingerprint density at radius 3 is 2.40 bits per heavy atom. The molecule has 1 aromatic rings. The minimum atomic E-state index is 0.0382. The first-order valence-electron chi connectivity index (χ1n) is 9.97. The molecule has 0 radical (unpaired) electrons. The molecule has 3 aliphatic rings. The second-order valence-corrected chi connectivity index (χ2v) is 8.00. The van der Waals surface area contributed by atoms with Crippen molar-refractivity contribution in [3.05, 3.63) is 29.8 Å². The van der Waals surface area contributed by atoms with Crippen molar-refractivity contribution < 1.29 is 9.53 Å². The third-order valence-electron chi connectivity index (χ3n) is 6.44. The zero-order valence-electron chi connectivity index (χ0n) is 15.2. The van der Waals surface area contributed by atoms with E-state index in [0.717, 1.165) is 24.6 Å². The summed E-state index contributed by atoms with van der Waals surface area (Å²) in [4.78, 5) is 15.5. The maximum atomic E-state index is 12.7. The van der Waals surface area contributed by atoms with Gasteiger partial charge in [-0.25, -0.2) is 0 Å². The molecule has 4 nitrogen and oxygen atoms in total. The first kappa shape index (κ1) is 16.9. The summed E-state index contributed by atoms with van der Waals surface area (Å²) in [5.41, 5.74) is 0.697. The largest absolute Gasteiger partial charge is 0.497 e. The number of fused-ring (bicyclic) bond motifs is 2. The van der Waals surface area contributed by atoms with Crippen LogP contribution >= 0.6 is 0 Å². The minimum Gasteiger partial charge on any atom is -0.497 e. The van der Waals surface area contributed by atoms with Crippen LogP contribution < -0.4 is 10.1 Å². The Labute approximate surface area is 150 Å². The zero-order valence-corrected chi connectivity index (χ0v) is 15.2. The van der Waals surface area contributed by atoms with Crippen molar-refractivity contribution in [2.24, 2.45) is 0 Å². The van der Waals surface area contributed by atoms with Crippen molar-refractivity contribution in [2.45, 2.75) is 82.0 Å². The zero-order chi connectivity index (χ0) is 17.2. The Kier molecular flexibility index (Phi) is 4.98. The lowest BCUT2D eigenvalue weighted by molar-refractivity contribution is -0.00807. The van der Waals surface area contributed by atoms with Gasteiger partial charge in [-0.2, -0.15) is 0 Å². The van der Waals surface area contributed by atoms with Gasteiger partial charge < -0.3 is 10.1 Å². The number of carbonyl (C=O) groups is 1. The molecule has 0 spiro atoms. The molecule has 1 saturated carbocycles. The van der Waals surface area contributed by atoms with Crippen LogP contribution in [0.1, 0.15) is 68.1 Å². The number of ether oxygens (including phenoxy) is 1. The number of piperidine rings is 2. The van der Waals surface area contributed by atoms with Gasteiger partial charge in [-0.1, -0.05) is 25.3 Å².